The highest BCUT2D eigenvalue weighted by molar-refractivity contribution is 5.85. The summed E-state index contributed by atoms with van der Waals surface area (Å²) in [4.78, 5) is 27.5. The van der Waals surface area contributed by atoms with Crippen molar-refractivity contribution in [1.29, 1.82) is 0 Å². The van der Waals surface area contributed by atoms with Crippen molar-refractivity contribution < 1.29 is 23.9 Å². The number of ether oxygens (including phenoxy) is 2. The van der Waals surface area contributed by atoms with E-state index >= 15 is 0 Å². The fourth-order valence-electron chi connectivity index (χ4n) is 0.668. The van der Waals surface area contributed by atoms with Crippen LogP contribution in [0.25, 0.3) is 0 Å². The van der Waals surface area contributed by atoms with E-state index in [0.717, 1.165) is 38.5 Å². The van der Waals surface area contributed by atoms with Crippen LogP contribution in [0, 0.1) is 0 Å². The lowest BCUT2D eigenvalue weighted by Gasteiger charge is -1.94. The molecule has 0 spiro atoms. The van der Waals surface area contributed by atoms with Gasteiger partial charge in [0.15, 0.2) is 6.29 Å². The van der Waals surface area contributed by atoms with Crippen molar-refractivity contribution >= 4 is 31.3 Å². The van der Waals surface area contributed by atoms with E-state index in [-0.39, 0.29) is 18.7 Å². The van der Waals surface area contributed by atoms with Crippen molar-refractivity contribution in [2.24, 2.45) is 0 Å². The molecular weight excluding hydrogens is 284 g/mol. The molecule has 0 N–H and O–H groups in total. The summed E-state index contributed by atoms with van der Waals surface area (Å²) in [6.07, 6.45) is 7.35. The summed E-state index contributed by atoms with van der Waals surface area (Å²) < 4.78 is 9.86. The lowest BCUT2D eigenvalue weighted by atomic mass is 10.4. The maximum absolute atomic E-state index is 9.48. The summed E-state index contributed by atoms with van der Waals surface area (Å²) in [7, 11) is 0. The third kappa shape index (κ3) is 43.5. The van der Waals surface area contributed by atoms with Gasteiger partial charge >= 0.3 is 0 Å². The number of allylic oxidation sites excluding steroid dienone is 2. The Hall–Kier alpha value is -1.04. The second-order valence-electron chi connectivity index (χ2n) is 3.09. The average molecular weight is 311 g/mol. The molecule has 120 valence electrons. The Kier molecular flexibility index (Phi) is 42.0. The molecule has 0 aliphatic carbocycles. The number of hydrogen-bond donors (Lipinski definition) is 0. The van der Waals surface area contributed by atoms with Crippen LogP contribution in [0.4, 0.5) is 0 Å². The zero-order chi connectivity index (χ0) is 15.4. The highest BCUT2D eigenvalue weighted by Crippen LogP contribution is 1.99. The van der Waals surface area contributed by atoms with Crippen LogP contribution in [0.3, 0.4) is 0 Å². The van der Waals surface area contributed by atoms with Crippen LogP contribution in [-0.2, 0) is 23.9 Å². The minimum Gasteiger partial charge on any atom is -0.351 e. The van der Waals surface area contributed by atoms with Crippen LogP contribution in [0.5, 0.6) is 0 Å². The summed E-state index contributed by atoms with van der Waals surface area (Å²) in [5, 5.41) is 0. The summed E-state index contributed by atoms with van der Waals surface area (Å²) in [5.74, 6) is 0. The molecular formula is C14H27ClO5. The molecule has 0 aromatic rings. The summed E-state index contributed by atoms with van der Waals surface area (Å²) in [6, 6.07) is 0. The largest absolute Gasteiger partial charge is 0.351 e. The molecule has 0 aromatic heterocycles. The molecule has 0 radical (unpaired) electrons. The molecule has 0 saturated carbocycles. The minimum absolute atomic E-state index is 0. The Morgan fingerprint density at radius 2 is 1.45 bits per heavy atom. The Labute approximate surface area is 128 Å². The Balaban J connectivity index is -0.0000000873. The van der Waals surface area contributed by atoms with Gasteiger partial charge in [-0.15, -0.1) is 12.4 Å². The first kappa shape index (κ1) is 27.3. The Bertz CT molecular complexity index is 214. The Morgan fingerprint density at radius 3 is 1.55 bits per heavy atom. The van der Waals surface area contributed by atoms with Gasteiger partial charge in [-0.3, -0.25) is 4.79 Å². The molecule has 0 amide bonds. The standard InChI is InChI=1S/C5H8O.C4H8O2.C3H6O.C2H4O.ClH/c1-2-3-4-5-6;1-4-5-2-3-6-4;1-2-3-4;1-2-3;/h3-5H,2H2,1H3;4H,2-3H2,1H3;3H,2H2,1H3;2H,1H3;1H/b4-3+;;;;. The second-order valence-corrected chi connectivity index (χ2v) is 3.09. The predicted octanol–water partition coefficient (Wildman–Crippen LogP) is 2.75. The number of carbonyl (C=O) groups is 3. The lowest BCUT2D eigenvalue weighted by Crippen LogP contribution is -1.97. The first-order chi connectivity index (χ1) is 9.14. The normalized spacial score (nSPS) is 12.4. The van der Waals surface area contributed by atoms with Gasteiger partial charge in [0.1, 0.15) is 18.9 Å². The van der Waals surface area contributed by atoms with E-state index in [1.54, 1.807) is 0 Å². The fraction of sp³-hybridized carbons (Fsp3) is 0.643. The van der Waals surface area contributed by atoms with Gasteiger partial charge in [0.25, 0.3) is 0 Å². The van der Waals surface area contributed by atoms with Gasteiger partial charge in [-0.1, -0.05) is 19.9 Å². The van der Waals surface area contributed by atoms with E-state index in [1.165, 1.54) is 13.0 Å². The zero-order valence-corrected chi connectivity index (χ0v) is 13.6. The minimum atomic E-state index is 0. The topological polar surface area (TPSA) is 69.7 Å². The van der Waals surface area contributed by atoms with E-state index in [1.807, 2.05) is 26.8 Å². The summed E-state index contributed by atoms with van der Waals surface area (Å²) >= 11 is 0. The van der Waals surface area contributed by atoms with Crippen LogP contribution in [0.15, 0.2) is 12.2 Å². The molecule has 1 saturated heterocycles. The third-order valence-corrected chi connectivity index (χ3v) is 1.41. The van der Waals surface area contributed by atoms with Crippen molar-refractivity contribution in [1.82, 2.24) is 0 Å². The van der Waals surface area contributed by atoms with Crippen molar-refractivity contribution in [3.05, 3.63) is 12.2 Å². The van der Waals surface area contributed by atoms with Crippen molar-refractivity contribution in [2.45, 2.75) is 46.8 Å². The predicted molar refractivity (Wildman–Crippen MR) is 82.2 cm³/mol. The lowest BCUT2D eigenvalue weighted by molar-refractivity contribution is -0.107. The molecule has 20 heavy (non-hydrogen) atoms. The van der Waals surface area contributed by atoms with Crippen molar-refractivity contribution in [3.63, 3.8) is 0 Å². The number of hydrogen-bond acceptors (Lipinski definition) is 5. The van der Waals surface area contributed by atoms with E-state index < -0.39 is 0 Å². The molecule has 1 aliphatic heterocycles. The highest BCUT2D eigenvalue weighted by atomic mass is 35.5. The molecule has 0 unspecified atom stereocenters. The molecule has 0 aromatic carbocycles. The number of halogens is 1. The van der Waals surface area contributed by atoms with Crippen LogP contribution in [0.2, 0.25) is 0 Å². The van der Waals surface area contributed by atoms with Gasteiger partial charge in [0.2, 0.25) is 0 Å². The first-order valence-electron chi connectivity index (χ1n) is 6.31. The highest BCUT2D eigenvalue weighted by Gasteiger charge is 2.07. The van der Waals surface area contributed by atoms with Crippen LogP contribution >= 0.6 is 12.4 Å². The van der Waals surface area contributed by atoms with E-state index in [9.17, 15) is 9.59 Å². The van der Waals surface area contributed by atoms with Gasteiger partial charge in [-0.05, 0) is 26.3 Å². The third-order valence-electron chi connectivity index (χ3n) is 1.41. The van der Waals surface area contributed by atoms with E-state index in [2.05, 4.69) is 0 Å². The van der Waals surface area contributed by atoms with Gasteiger partial charge in [0, 0.05) is 6.42 Å². The van der Waals surface area contributed by atoms with Crippen molar-refractivity contribution in [3.8, 4) is 0 Å². The maximum Gasteiger partial charge on any atom is 0.155 e. The first-order valence-corrected chi connectivity index (χ1v) is 6.31. The van der Waals surface area contributed by atoms with E-state index in [0.29, 0.717) is 6.42 Å². The SMILES string of the molecule is CC/C=C/C=O.CC1OCCO1.CC=O.CCC=O.Cl. The molecule has 6 heteroatoms. The van der Waals surface area contributed by atoms with E-state index in [4.69, 9.17) is 14.3 Å². The number of rotatable bonds is 3. The monoisotopic (exact) mass is 310 g/mol. The van der Waals surface area contributed by atoms with Gasteiger partial charge < -0.3 is 19.1 Å². The molecule has 0 atom stereocenters. The summed E-state index contributed by atoms with van der Waals surface area (Å²) in [5.41, 5.74) is 0. The molecule has 1 rings (SSSR count). The smallest absolute Gasteiger partial charge is 0.155 e. The molecule has 1 fully saturated rings. The summed E-state index contributed by atoms with van der Waals surface area (Å²) in [6.45, 7) is 8.67. The molecule has 5 nitrogen and oxygen atoms in total. The number of aldehydes is 3. The van der Waals surface area contributed by atoms with Crippen LogP contribution in [-0.4, -0.2) is 38.4 Å². The van der Waals surface area contributed by atoms with Gasteiger partial charge in [0.05, 0.1) is 13.2 Å². The average Bonchev–Trinajstić information content (AvgIpc) is 2.89. The van der Waals surface area contributed by atoms with Crippen molar-refractivity contribution in [2.75, 3.05) is 13.2 Å². The Morgan fingerprint density at radius 1 is 1.05 bits per heavy atom. The quantitative estimate of drug-likeness (QED) is 0.592. The zero-order valence-electron chi connectivity index (χ0n) is 12.7. The van der Waals surface area contributed by atoms with Gasteiger partial charge in [-0.25, -0.2) is 0 Å². The second kappa shape index (κ2) is 30.8. The number of carbonyl (C=O) groups excluding carboxylic acids is 3. The molecule has 1 aliphatic rings. The van der Waals surface area contributed by atoms with Gasteiger partial charge in [-0.2, -0.15) is 0 Å². The van der Waals surface area contributed by atoms with Crippen LogP contribution < -0.4 is 0 Å². The maximum atomic E-state index is 9.48. The fourth-order valence-corrected chi connectivity index (χ4v) is 0.668. The molecule has 0 bridgehead atoms. The van der Waals surface area contributed by atoms with Crippen LogP contribution in [0.1, 0.15) is 40.5 Å². The molecule has 1 heterocycles.